The van der Waals surface area contributed by atoms with Gasteiger partial charge in [-0.25, -0.2) is 0 Å². The molecule has 1 atom stereocenters. The van der Waals surface area contributed by atoms with E-state index in [0.717, 1.165) is 24.0 Å². The summed E-state index contributed by atoms with van der Waals surface area (Å²) in [4.78, 5) is 24.2. The summed E-state index contributed by atoms with van der Waals surface area (Å²) in [6.45, 7) is 0.123. The van der Waals surface area contributed by atoms with Crippen molar-refractivity contribution in [3.05, 3.63) is 70.7 Å². The van der Waals surface area contributed by atoms with Crippen LogP contribution < -0.4 is 5.32 Å². The van der Waals surface area contributed by atoms with Gasteiger partial charge in [-0.1, -0.05) is 54.1 Å². The normalized spacial score (nSPS) is 16.0. The summed E-state index contributed by atoms with van der Waals surface area (Å²) < 4.78 is 0. The number of carboxylic acids is 1. The molecule has 1 fully saturated rings. The molecule has 4 nitrogen and oxygen atoms in total. The fourth-order valence-electron chi connectivity index (χ4n) is 3.07. The van der Waals surface area contributed by atoms with E-state index in [-0.39, 0.29) is 12.5 Å². The lowest BCUT2D eigenvalue weighted by Crippen LogP contribution is -2.40. The zero-order valence-corrected chi connectivity index (χ0v) is 14.5. The third-order valence-electron chi connectivity index (χ3n) is 4.76. The van der Waals surface area contributed by atoms with Crippen LogP contribution in [0.3, 0.4) is 0 Å². The predicted molar refractivity (Wildman–Crippen MR) is 96.6 cm³/mol. The van der Waals surface area contributed by atoms with E-state index in [4.69, 9.17) is 11.6 Å². The van der Waals surface area contributed by atoms with Crippen LogP contribution in [-0.2, 0) is 21.4 Å². The summed E-state index contributed by atoms with van der Waals surface area (Å²) in [5.41, 5.74) is 1.35. The minimum atomic E-state index is -0.902. The van der Waals surface area contributed by atoms with Gasteiger partial charge in [0.2, 0.25) is 5.91 Å². The number of hydrogen-bond donors (Lipinski definition) is 2. The fourth-order valence-corrected chi connectivity index (χ4v) is 3.20. The number of halogens is 1. The molecule has 1 amide bonds. The lowest BCUT2D eigenvalue weighted by atomic mass is 9.94. The maximum Gasteiger partial charge on any atom is 0.308 e. The first-order valence-corrected chi connectivity index (χ1v) is 8.70. The molecular weight excluding hydrogens is 338 g/mol. The highest BCUT2D eigenvalue weighted by atomic mass is 35.5. The number of carbonyl (C=O) groups excluding carboxylic acids is 1. The van der Waals surface area contributed by atoms with Crippen LogP contribution in [0, 0.1) is 5.92 Å². The molecule has 1 aliphatic carbocycles. The molecule has 0 heterocycles. The Bertz CT molecular complexity index is 754. The van der Waals surface area contributed by atoms with Crippen LogP contribution in [0.25, 0.3) is 0 Å². The summed E-state index contributed by atoms with van der Waals surface area (Å²) in [5, 5.41) is 12.9. The molecule has 1 aliphatic rings. The van der Waals surface area contributed by atoms with Crippen LogP contribution >= 0.6 is 11.6 Å². The maximum atomic E-state index is 12.7. The van der Waals surface area contributed by atoms with Gasteiger partial charge in [0.1, 0.15) is 0 Å². The number of benzene rings is 2. The van der Waals surface area contributed by atoms with Gasteiger partial charge in [0, 0.05) is 11.6 Å². The van der Waals surface area contributed by atoms with Gasteiger partial charge in [-0.15, -0.1) is 0 Å². The molecule has 0 saturated heterocycles. The highest BCUT2D eigenvalue weighted by Gasteiger charge is 2.51. The summed E-state index contributed by atoms with van der Waals surface area (Å²) in [6.07, 6.45) is 1.94. The van der Waals surface area contributed by atoms with E-state index in [9.17, 15) is 14.7 Å². The van der Waals surface area contributed by atoms with E-state index >= 15 is 0 Å². The third-order valence-corrected chi connectivity index (χ3v) is 5.02. The minimum absolute atomic E-state index is 0.103. The summed E-state index contributed by atoms with van der Waals surface area (Å²) in [5.74, 6) is -1.65. The smallest absolute Gasteiger partial charge is 0.308 e. The third kappa shape index (κ3) is 4.02. The second-order valence-electron chi connectivity index (χ2n) is 6.52. The molecule has 2 N–H and O–H groups in total. The van der Waals surface area contributed by atoms with Crippen molar-refractivity contribution in [2.45, 2.75) is 24.7 Å². The first-order chi connectivity index (χ1) is 12.0. The topological polar surface area (TPSA) is 66.4 Å². The Labute approximate surface area is 151 Å². The summed E-state index contributed by atoms with van der Waals surface area (Å²) in [7, 11) is 0. The largest absolute Gasteiger partial charge is 0.481 e. The molecule has 0 bridgehead atoms. The van der Waals surface area contributed by atoms with Gasteiger partial charge in [-0.2, -0.15) is 0 Å². The van der Waals surface area contributed by atoms with Crippen molar-refractivity contribution in [2.75, 3.05) is 6.54 Å². The molecule has 1 saturated carbocycles. The molecule has 25 heavy (non-hydrogen) atoms. The number of aliphatic carboxylic acids is 1. The number of rotatable bonds is 7. The Hall–Kier alpha value is -2.33. The number of carboxylic acid groups (broad SMARTS) is 1. The molecule has 130 valence electrons. The fraction of sp³-hybridized carbons (Fsp3) is 0.300. The Balaban J connectivity index is 1.64. The van der Waals surface area contributed by atoms with Crippen molar-refractivity contribution in [2.24, 2.45) is 5.92 Å². The van der Waals surface area contributed by atoms with Crippen molar-refractivity contribution >= 4 is 23.5 Å². The zero-order valence-electron chi connectivity index (χ0n) is 13.7. The van der Waals surface area contributed by atoms with Gasteiger partial charge in [-0.05, 0) is 42.5 Å². The van der Waals surface area contributed by atoms with Gasteiger partial charge in [0.05, 0.1) is 11.3 Å². The Morgan fingerprint density at radius 2 is 1.72 bits per heavy atom. The first kappa shape index (κ1) is 17.5. The Morgan fingerprint density at radius 1 is 1.08 bits per heavy atom. The standard InChI is InChI=1S/C20H20ClNO3/c21-17-8-6-16(7-9-17)20(10-11-20)19(25)22-13-15(18(23)24)12-14-4-2-1-3-5-14/h1-9,15H,10-13H2,(H,22,25)(H,23,24). The zero-order chi connectivity index (χ0) is 17.9. The lowest BCUT2D eigenvalue weighted by Gasteiger charge is -2.18. The molecule has 3 rings (SSSR count). The van der Waals surface area contributed by atoms with Crippen molar-refractivity contribution in [3.8, 4) is 0 Å². The number of nitrogens with one attached hydrogen (secondary N) is 1. The van der Waals surface area contributed by atoms with Crippen LogP contribution in [0.15, 0.2) is 54.6 Å². The molecule has 0 spiro atoms. The van der Waals surface area contributed by atoms with Crippen LogP contribution in [-0.4, -0.2) is 23.5 Å². The SMILES string of the molecule is O=C(O)C(CNC(=O)C1(c2ccc(Cl)cc2)CC1)Cc1ccccc1. The van der Waals surface area contributed by atoms with E-state index < -0.39 is 17.3 Å². The van der Waals surface area contributed by atoms with E-state index in [2.05, 4.69) is 5.32 Å². The number of amides is 1. The second-order valence-corrected chi connectivity index (χ2v) is 6.96. The van der Waals surface area contributed by atoms with Crippen molar-refractivity contribution in [1.29, 1.82) is 0 Å². The molecule has 1 unspecified atom stereocenters. The molecule has 2 aromatic carbocycles. The lowest BCUT2D eigenvalue weighted by molar-refractivity contribution is -0.141. The van der Waals surface area contributed by atoms with E-state index in [1.165, 1.54) is 0 Å². The van der Waals surface area contributed by atoms with Crippen molar-refractivity contribution in [3.63, 3.8) is 0 Å². The second kappa shape index (κ2) is 7.28. The highest BCUT2D eigenvalue weighted by molar-refractivity contribution is 6.30. The van der Waals surface area contributed by atoms with Crippen molar-refractivity contribution in [1.82, 2.24) is 5.32 Å². The van der Waals surface area contributed by atoms with Crippen LogP contribution in [0.5, 0.6) is 0 Å². The average Bonchev–Trinajstić information content (AvgIpc) is 3.41. The minimum Gasteiger partial charge on any atom is -0.481 e. The Kier molecular flexibility index (Phi) is 5.09. The van der Waals surface area contributed by atoms with E-state index in [0.29, 0.717) is 11.4 Å². The first-order valence-electron chi connectivity index (χ1n) is 8.32. The quantitative estimate of drug-likeness (QED) is 0.797. The molecule has 5 heteroatoms. The molecule has 0 aliphatic heterocycles. The summed E-state index contributed by atoms with van der Waals surface area (Å²) >= 11 is 5.91. The van der Waals surface area contributed by atoms with Crippen LogP contribution in [0.2, 0.25) is 5.02 Å². The number of hydrogen-bond acceptors (Lipinski definition) is 2. The molecule has 2 aromatic rings. The van der Waals surface area contributed by atoms with Gasteiger partial charge >= 0.3 is 5.97 Å². The molecular formula is C20H20ClNO3. The highest BCUT2D eigenvalue weighted by Crippen LogP contribution is 2.48. The number of carbonyl (C=O) groups is 2. The van der Waals surface area contributed by atoms with E-state index in [1.54, 1.807) is 12.1 Å². The van der Waals surface area contributed by atoms with Gasteiger partial charge in [0.15, 0.2) is 0 Å². The predicted octanol–water partition coefficient (Wildman–Crippen LogP) is 3.43. The van der Waals surface area contributed by atoms with Crippen LogP contribution in [0.4, 0.5) is 0 Å². The monoisotopic (exact) mass is 357 g/mol. The van der Waals surface area contributed by atoms with Gasteiger partial charge in [-0.3, -0.25) is 9.59 Å². The molecule has 0 radical (unpaired) electrons. The van der Waals surface area contributed by atoms with Crippen LogP contribution in [0.1, 0.15) is 24.0 Å². The van der Waals surface area contributed by atoms with Crippen molar-refractivity contribution < 1.29 is 14.7 Å². The average molecular weight is 358 g/mol. The maximum absolute atomic E-state index is 12.7. The summed E-state index contributed by atoms with van der Waals surface area (Å²) in [6, 6.07) is 16.7. The Morgan fingerprint density at radius 3 is 2.28 bits per heavy atom. The molecule has 0 aromatic heterocycles. The van der Waals surface area contributed by atoms with Gasteiger partial charge < -0.3 is 10.4 Å². The van der Waals surface area contributed by atoms with Gasteiger partial charge in [0.25, 0.3) is 0 Å². The van der Waals surface area contributed by atoms with E-state index in [1.807, 2.05) is 42.5 Å².